The normalized spacial score (nSPS) is 11.5. The van der Waals surface area contributed by atoms with Crippen molar-refractivity contribution in [3.8, 4) is 0 Å². The van der Waals surface area contributed by atoms with Gasteiger partial charge in [-0.15, -0.1) is 11.3 Å². The number of rotatable bonds is 4. The minimum Gasteiger partial charge on any atom is -0.350 e. The van der Waals surface area contributed by atoms with Crippen LogP contribution in [0.4, 0.5) is 0 Å². The lowest BCUT2D eigenvalue weighted by molar-refractivity contribution is 0.476. The van der Waals surface area contributed by atoms with Crippen molar-refractivity contribution in [3.05, 3.63) is 51.5 Å². The van der Waals surface area contributed by atoms with Crippen molar-refractivity contribution >= 4 is 17.3 Å². The van der Waals surface area contributed by atoms with Gasteiger partial charge in [-0.2, -0.15) is 0 Å². The topological polar surface area (TPSA) is 40.5 Å². The number of aryl methyl sites for hydroxylation is 2. The Balaban J connectivity index is 1.93. The van der Waals surface area contributed by atoms with Crippen LogP contribution >= 0.6 is 11.3 Å². The van der Waals surface area contributed by atoms with E-state index in [9.17, 15) is 0 Å². The second kappa shape index (κ2) is 7.22. The van der Waals surface area contributed by atoms with Gasteiger partial charge in [0.2, 0.25) is 0 Å². The molecular weight excluding hydrogens is 280 g/mol. The SMILES string of the molecule is CN=C(NCc1nc(C)c(C)s1)N(C)Cc1ccccc1. The van der Waals surface area contributed by atoms with Crippen molar-refractivity contribution in [2.24, 2.45) is 4.99 Å². The number of aromatic nitrogens is 1. The van der Waals surface area contributed by atoms with Crippen molar-refractivity contribution < 1.29 is 0 Å². The molecular formula is C16H22N4S. The molecule has 0 spiro atoms. The molecule has 0 fully saturated rings. The highest BCUT2D eigenvalue weighted by atomic mass is 32.1. The third-order valence-corrected chi connectivity index (χ3v) is 4.38. The molecule has 112 valence electrons. The Morgan fingerprint density at radius 3 is 2.57 bits per heavy atom. The number of nitrogens with one attached hydrogen (secondary N) is 1. The molecule has 0 saturated heterocycles. The predicted molar refractivity (Wildman–Crippen MR) is 89.7 cm³/mol. The van der Waals surface area contributed by atoms with Crippen molar-refractivity contribution in [1.29, 1.82) is 0 Å². The number of thiazole rings is 1. The first kappa shape index (κ1) is 15.5. The van der Waals surface area contributed by atoms with Gasteiger partial charge < -0.3 is 10.2 Å². The van der Waals surface area contributed by atoms with Gasteiger partial charge in [0.15, 0.2) is 5.96 Å². The highest BCUT2D eigenvalue weighted by Gasteiger charge is 2.08. The van der Waals surface area contributed by atoms with Crippen LogP contribution < -0.4 is 5.32 Å². The Morgan fingerprint density at radius 2 is 2.00 bits per heavy atom. The third-order valence-electron chi connectivity index (χ3n) is 3.31. The number of benzene rings is 1. The van der Waals surface area contributed by atoms with E-state index in [1.54, 1.807) is 11.3 Å². The fourth-order valence-electron chi connectivity index (χ4n) is 2.09. The Kier molecular flexibility index (Phi) is 5.33. The maximum absolute atomic E-state index is 4.54. The monoisotopic (exact) mass is 302 g/mol. The second-order valence-corrected chi connectivity index (χ2v) is 6.28. The maximum atomic E-state index is 4.54. The number of hydrogen-bond donors (Lipinski definition) is 1. The minimum absolute atomic E-state index is 0.713. The van der Waals surface area contributed by atoms with E-state index in [4.69, 9.17) is 0 Å². The summed E-state index contributed by atoms with van der Waals surface area (Å²) in [7, 11) is 3.85. The molecule has 0 bridgehead atoms. The average molecular weight is 302 g/mol. The van der Waals surface area contributed by atoms with Gasteiger partial charge in [0.1, 0.15) is 5.01 Å². The molecule has 0 atom stereocenters. The van der Waals surface area contributed by atoms with Crippen LogP contribution in [0.3, 0.4) is 0 Å². The van der Waals surface area contributed by atoms with Gasteiger partial charge in [-0.1, -0.05) is 30.3 Å². The molecule has 1 aromatic heterocycles. The molecule has 5 heteroatoms. The largest absolute Gasteiger partial charge is 0.350 e. The molecule has 4 nitrogen and oxygen atoms in total. The number of guanidine groups is 1. The van der Waals surface area contributed by atoms with E-state index in [-0.39, 0.29) is 0 Å². The molecule has 1 N–H and O–H groups in total. The molecule has 0 radical (unpaired) electrons. The number of nitrogens with zero attached hydrogens (tertiary/aromatic N) is 3. The zero-order valence-electron chi connectivity index (χ0n) is 13.1. The van der Waals surface area contributed by atoms with Crippen molar-refractivity contribution in [1.82, 2.24) is 15.2 Å². The Morgan fingerprint density at radius 1 is 1.29 bits per heavy atom. The van der Waals surface area contributed by atoms with E-state index in [0.717, 1.165) is 23.2 Å². The summed E-state index contributed by atoms with van der Waals surface area (Å²) < 4.78 is 0. The molecule has 0 aliphatic heterocycles. The average Bonchev–Trinajstić information content (AvgIpc) is 2.79. The summed E-state index contributed by atoms with van der Waals surface area (Å²) in [5.74, 6) is 0.879. The highest BCUT2D eigenvalue weighted by molar-refractivity contribution is 7.11. The molecule has 0 amide bonds. The fourth-order valence-corrected chi connectivity index (χ4v) is 2.96. The van der Waals surface area contributed by atoms with Gasteiger partial charge in [-0.25, -0.2) is 4.98 Å². The van der Waals surface area contributed by atoms with Gasteiger partial charge in [-0.3, -0.25) is 4.99 Å². The zero-order chi connectivity index (χ0) is 15.2. The van der Waals surface area contributed by atoms with E-state index >= 15 is 0 Å². The summed E-state index contributed by atoms with van der Waals surface area (Å²) in [5.41, 5.74) is 2.38. The van der Waals surface area contributed by atoms with E-state index < -0.39 is 0 Å². The van der Waals surface area contributed by atoms with Gasteiger partial charge in [0.05, 0.1) is 12.2 Å². The third kappa shape index (κ3) is 4.29. The summed E-state index contributed by atoms with van der Waals surface area (Å²) in [6.45, 7) is 5.69. The molecule has 1 heterocycles. The smallest absolute Gasteiger partial charge is 0.194 e. The van der Waals surface area contributed by atoms with Crippen LogP contribution in [0.1, 0.15) is 21.1 Å². The lowest BCUT2D eigenvalue weighted by Crippen LogP contribution is -2.38. The summed E-state index contributed by atoms with van der Waals surface area (Å²) in [5, 5.41) is 4.47. The quantitative estimate of drug-likeness (QED) is 0.697. The molecule has 2 aromatic rings. The molecule has 21 heavy (non-hydrogen) atoms. The summed E-state index contributed by atoms with van der Waals surface area (Å²) >= 11 is 1.74. The Labute approximate surface area is 130 Å². The lowest BCUT2D eigenvalue weighted by Gasteiger charge is -2.21. The Bertz CT molecular complexity index is 584. The van der Waals surface area contributed by atoms with Crippen molar-refractivity contribution in [3.63, 3.8) is 0 Å². The van der Waals surface area contributed by atoms with E-state index in [1.807, 2.05) is 27.1 Å². The van der Waals surface area contributed by atoms with Crippen molar-refractivity contribution in [2.75, 3.05) is 14.1 Å². The first-order valence-electron chi connectivity index (χ1n) is 6.98. The Hall–Kier alpha value is -1.88. The van der Waals surface area contributed by atoms with Crippen LogP contribution in [0.2, 0.25) is 0 Å². The van der Waals surface area contributed by atoms with Crippen molar-refractivity contribution in [2.45, 2.75) is 26.9 Å². The highest BCUT2D eigenvalue weighted by Crippen LogP contribution is 2.16. The zero-order valence-corrected chi connectivity index (χ0v) is 13.9. The van der Waals surface area contributed by atoms with Crippen LogP contribution in [0.15, 0.2) is 35.3 Å². The first-order chi connectivity index (χ1) is 10.1. The van der Waals surface area contributed by atoms with Crippen LogP contribution in [0, 0.1) is 13.8 Å². The van der Waals surface area contributed by atoms with Gasteiger partial charge in [0.25, 0.3) is 0 Å². The standard InChI is InChI=1S/C16H22N4S/c1-12-13(2)21-15(19-12)10-18-16(17-3)20(4)11-14-8-6-5-7-9-14/h5-9H,10-11H2,1-4H3,(H,17,18). The summed E-state index contributed by atoms with van der Waals surface area (Å²) in [6.07, 6.45) is 0. The molecule has 0 aliphatic rings. The van der Waals surface area contributed by atoms with E-state index in [2.05, 4.69) is 51.4 Å². The van der Waals surface area contributed by atoms with Crippen LogP contribution in [-0.2, 0) is 13.1 Å². The second-order valence-electron chi connectivity index (χ2n) is 4.99. The van der Waals surface area contributed by atoms with Crippen LogP contribution in [0.25, 0.3) is 0 Å². The van der Waals surface area contributed by atoms with Crippen LogP contribution in [-0.4, -0.2) is 29.9 Å². The van der Waals surface area contributed by atoms with E-state index in [1.165, 1.54) is 10.4 Å². The van der Waals surface area contributed by atoms with Gasteiger partial charge in [-0.05, 0) is 19.4 Å². The van der Waals surface area contributed by atoms with Crippen LogP contribution in [0.5, 0.6) is 0 Å². The molecule has 2 rings (SSSR count). The number of aliphatic imine (C=N–C) groups is 1. The minimum atomic E-state index is 0.713. The first-order valence-corrected chi connectivity index (χ1v) is 7.80. The number of hydrogen-bond acceptors (Lipinski definition) is 3. The fraction of sp³-hybridized carbons (Fsp3) is 0.375. The summed E-state index contributed by atoms with van der Waals surface area (Å²) in [6, 6.07) is 10.4. The molecule has 0 aliphatic carbocycles. The van der Waals surface area contributed by atoms with E-state index in [0.29, 0.717) is 6.54 Å². The van der Waals surface area contributed by atoms with Gasteiger partial charge >= 0.3 is 0 Å². The molecule has 1 aromatic carbocycles. The molecule has 0 saturated carbocycles. The summed E-state index contributed by atoms with van der Waals surface area (Å²) in [4.78, 5) is 12.3. The van der Waals surface area contributed by atoms with Gasteiger partial charge in [0, 0.05) is 25.5 Å². The molecule has 0 unspecified atom stereocenters. The lowest BCUT2D eigenvalue weighted by atomic mass is 10.2. The maximum Gasteiger partial charge on any atom is 0.194 e. The predicted octanol–water partition coefficient (Wildman–Crippen LogP) is 2.97.